The lowest BCUT2D eigenvalue weighted by molar-refractivity contribution is -0.116. The Kier molecular flexibility index (Phi) is 7.92. The van der Waals surface area contributed by atoms with Gasteiger partial charge in [0, 0.05) is 50.5 Å². The number of nitrogens with zero attached hydrogens (tertiary/aromatic N) is 3. The van der Waals surface area contributed by atoms with Gasteiger partial charge in [-0.1, -0.05) is 17.7 Å². The molecule has 0 radical (unpaired) electrons. The highest BCUT2D eigenvalue weighted by atomic mass is 32.2. The molecule has 8 heteroatoms. The van der Waals surface area contributed by atoms with Crippen LogP contribution in [0.5, 0.6) is 0 Å². The zero-order valence-corrected chi connectivity index (χ0v) is 20.2. The molecule has 7 nitrogen and oxygen atoms in total. The maximum absolute atomic E-state index is 12.6. The van der Waals surface area contributed by atoms with Crippen molar-refractivity contribution < 1.29 is 13.2 Å². The van der Waals surface area contributed by atoms with Crippen LogP contribution in [0.15, 0.2) is 53.4 Å². The highest BCUT2D eigenvalue weighted by Gasteiger charge is 2.22. The number of piperidine rings is 1. The first-order chi connectivity index (χ1) is 15.2. The Labute approximate surface area is 192 Å². The van der Waals surface area contributed by atoms with Crippen LogP contribution in [-0.2, 0) is 14.8 Å². The van der Waals surface area contributed by atoms with Crippen molar-refractivity contribution in [2.75, 3.05) is 51.0 Å². The lowest BCUT2D eigenvalue weighted by atomic mass is 10.0. The molecule has 1 aliphatic rings. The van der Waals surface area contributed by atoms with Crippen LogP contribution in [-0.4, -0.2) is 70.3 Å². The number of hydrogen-bond donors (Lipinski definition) is 1. The summed E-state index contributed by atoms with van der Waals surface area (Å²) in [4.78, 5) is 17.3. The maximum Gasteiger partial charge on any atom is 0.242 e. The van der Waals surface area contributed by atoms with Crippen LogP contribution >= 0.6 is 0 Å². The van der Waals surface area contributed by atoms with E-state index in [0.29, 0.717) is 11.7 Å². The van der Waals surface area contributed by atoms with Crippen molar-refractivity contribution in [2.24, 2.45) is 0 Å². The van der Waals surface area contributed by atoms with Crippen LogP contribution < -0.4 is 10.2 Å². The number of nitrogens with one attached hydrogen (secondary N) is 1. The molecule has 3 rings (SSSR count). The van der Waals surface area contributed by atoms with E-state index in [1.165, 1.54) is 11.4 Å². The van der Waals surface area contributed by atoms with Gasteiger partial charge in [0.1, 0.15) is 0 Å². The molecule has 1 amide bonds. The first kappa shape index (κ1) is 24.2. The molecule has 0 spiro atoms. The van der Waals surface area contributed by atoms with Crippen molar-refractivity contribution >= 4 is 27.3 Å². The van der Waals surface area contributed by atoms with Gasteiger partial charge in [0.25, 0.3) is 0 Å². The van der Waals surface area contributed by atoms with Gasteiger partial charge in [-0.2, -0.15) is 0 Å². The Morgan fingerprint density at radius 2 is 1.59 bits per heavy atom. The number of carbonyl (C=O) groups excluding carboxylic acids is 1. The van der Waals surface area contributed by atoms with Crippen molar-refractivity contribution in [3.8, 4) is 0 Å². The summed E-state index contributed by atoms with van der Waals surface area (Å²) in [5.74, 6) is -0.212. The maximum atomic E-state index is 12.6. The van der Waals surface area contributed by atoms with E-state index in [1.807, 2.05) is 31.2 Å². The number of benzene rings is 2. The second-order valence-electron chi connectivity index (χ2n) is 8.67. The molecular weight excluding hydrogens is 424 g/mol. The molecule has 0 aromatic heterocycles. The second-order valence-corrected chi connectivity index (χ2v) is 10.7. The summed E-state index contributed by atoms with van der Waals surface area (Å²) in [7, 11) is 2.15. The summed E-state index contributed by atoms with van der Waals surface area (Å²) >= 11 is 0. The van der Waals surface area contributed by atoms with Crippen LogP contribution in [0.25, 0.3) is 0 Å². The predicted molar refractivity (Wildman–Crippen MR) is 130 cm³/mol. The van der Waals surface area contributed by atoms with Gasteiger partial charge < -0.3 is 15.1 Å². The van der Waals surface area contributed by atoms with E-state index in [4.69, 9.17) is 0 Å². The number of carbonyl (C=O) groups is 1. The summed E-state index contributed by atoms with van der Waals surface area (Å²) in [6.45, 7) is 4.07. The number of rotatable bonds is 8. The van der Waals surface area contributed by atoms with E-state index in [1.54, 1.807) is 24.3 Å². The molecule has 0 unspecified atom stereocenters. The van der Waals surface area contributed by atoms with Gasteiger partial charge in [0.2, 0.25) is 15.9 Å². The fraction of sp³-hybridized carbons (Fsp3) is 0.458. The average molecular weight is 459 g/mol. The highest BCUT2D eigenvalue weighted by molar-refractivity contribution is 7.89. The molecule has 1 fully saturated rings. The molecule has 2 aromatic rings. The van der Waals surface area contributed by atoms with Crippen LogP contribution in [0.3, 0.4) is 0 Å². The molecule has 0 aliphatic carbocycles. The first-order valence-corrected chi connectivity index (χ1v) is 12.4. The fourth-order valence-electron chi connectivity index (χ4n) is 3.89. The third-order valence-electron chi connectivity index (χ3n) is 6.09. The molecule has 1 heterocycles. The molecule has 0 atom stereocenters. The second kappa shape index (κ2) is 10.5. The number of hydrogen-bond acceptors (Lipinski definition) is 5. The molecule has 1 aliphatic heterocycles. The van der Waals surface area contributed by atoms with Gasteiger partial charge in [-0.15, -0.1) is 0 Å². The minimum Gasteiger partial charge on any atom is -0.371 e. The number of sulfonamides is 1. The van der Waals surface area contributed by atoms with Crippen molar-refractivity contribution in [3.63, 3.8) is 0 Å². The topological polar surface area (TPSA) is 73.0 Å². The Bertz CT molecular complexity index is 997. The average Bonchev–Trinajstić information content (AvgIpc) is 2.78. The third kappa shape index (κ3) is 6.09. The zero-order chi connectivity index (χ0) is 23.3. The van der Waals surface area contributed by atoms with Gasteiger partial charge in [0.15, 0.2) is 0 Å². The molecule has 1 saturated heterocycles. The zero-order valence-electron chi connectivity index (χ0n) is 19.4. The predicted octanol–water partition coefficient (Wildman–Crippen LogP) is 3.17. The summed E-state index contributed by atoms with van der Waals surface area (Å²) in [6, 6.07) is 15.2. The largest absolute Gasteiger partial charge is 0.371 e. The number of amides is 1. The Hall–Kier alpha value is -2.42. The van der Waals surface area contributed by atoms with Gasteiger partial charge >= 0.3 is 0 Å². The fourth-order valence-corrected chi connectivity index (χ4v) is 5.06. The van der Waals surface area contributed by atoms with Gasteiger partial charge in [0.05, 0.1) is 4.90 Å². The molecule has 0 bridgehead atoms. The van der Waals surface area contributed by atoms with Crippen molar-refractivity contribution in [1.29, 1.82) is 0 Å². The monoisotopic (exact) mass is 458 g/mol. The van der Waals surface area contributed by atoms with E-state index in [2.05, 4.69) is 29.2 Å². The van der Waals surface area contributed by atoms with Crippen LogP contribution in [0.2, 0.25) is 0 Å². The van der Waals surface area contributed by atoms with Crippen LogP contribution in [0, 0.1) is 6.92 Å². The first-order valence-electron chi connectivity index (χ1n) is 11.0. The Balaban J connectivity index is 1.49. The molecule has 32 heavy (non-hydrogen) atoms. The normalized spacial score (nSPS) is 15.4. The highest BCUT2D eigenvalue weighted by Crippen LogP contribution is 2.23. The smallest absolute Gasteiger partial charge is 0.242 e. The van der Waals surface area contributed by atoms with Crippen molar-refractivity contribution in [3.05, 3.63) is 54.1 Å². The standard InChI is InChI=1S/C24H34N4O3S/c1-19-5-11-23(12-6-19)32(30,31)27(4)16-15-24(29)25-20-7-9-22(10-8-20)28-17-13-21(14-18-28)26(2)3/h5-12,21H,13-18H2,1-4H3,(H,25,29). The molecule has 2 aromatic carbocycles. The molecule has 0 saturated carbocycles. The SMILES string of the molecule is Cc1ccc(S(=O)(=O)N(C)CCC(=O)Nc2ccc(N3CCC(N(C)C)CC3)cc2)cc1. The molecule has 174 valence electrons. The summed E-state index contributed by atoms with van der Waals surface area (Å²) < 4.78 is 26.5. The minimum absolute atomic E-state index is 0.0847. The van der Waals surface area contributed by atoms with Crippen LogP contribution in [0.1, 0.15) is 24.8 Å². The van der Waals surface area contributed by atoms with Gasteiger partial charge in [-0.05, 0) is 70.3 Å². The number of aryl methyl sites for hydroxylation is 1. The van der Waals surface area contributed by atoms with E-state index in [-0.39, 0.29) is 23.8 Å². The van der Waals surface area contributed by atoms with Crippen molar-refractivity contribution in [1.82, 2.24) is 9.21 Å². The summed E-state index contributed by atoms with van der Waals surface area (Å²) in [6.07, 6.45) is 2.37. The summed E-state index contributed by atoms with van der Waals surface area (Å²) in [5, 5.41) is 2.86. The van der Waals surface area contributed by atoms with E-state index < -0.39 is 10.0 Å². The van der Waals surface area contributed by atoms with E-state index in [0.717, 1.165) is 37.2 Å². The van der Waals surface area contributed by atoms with E-state index >= 15 is 0 Å². The Morgan fingerprint density at radius 1 is 1.00 bits per heavy atom. The minimum atomic E-state index is -3.61. The lowest BCUT2D eigenvalue weighted by Crippen LogP contribution is -2.41. The van der Waals surface area contributed by atoms with Crippen LogP contribution in [0.4, 0.5) is 11.4 Å². The molecule has 1 N–H and O–H groups in total. The Morgan fingerprint density at radius 3 is 2.16 bits per heavy atom. The van der Waals surface area contributed by atoms with Gasteiger partial charge in [-0.25, -0.2) is 12.7 Å². The van der Waals surface area contributed by atoms with E-state index in [9.17, 15) is 13.2 Å². The van der Waals surface area contributed by atoms with Gasteiger partial charge in [-0.3, -0.25) is 4.79 Å². The number of anilines is 2. The molecular formula is C24H34N4O3S. The quantitative estimate of drug-likeness (QED) is 0.658. The lowest BCUT2D eigenvalue weighted by Gasteiger charge is -2.36. The van der Waals surface area contributed by atoms with Crippen molar-refractivity contribution in [2.45, 2.75) is 37.1 Å². The third-order valence-corrected chi connectivity index (χ3v) is 7.96. The summed E-state index contributed by atoms with van der Waals surface area (Å²) in [5.41, 5.74) is 2.87.